The molecule has 6 nitrogen and oxygen atoms in total. The van der Waals surface area contributed by atoms with E-state index in [1.54, 1.807) is 6.07 Å². The Morgan fingerprint density at radius 1 is 1.07 bits per heavy atom. The van der Waals surface area contributed by atoms with Gasteiger partial charge in [0.15, 0.2) is 11.5 Å². The number of carbonyl (C=O) groups is 2. The van der Waals surface area contributed by atoms with Crippen LogP contribution >= 0.6 is 0 Å². The molecule has 2 amide bonds. The lowest BCUT2D eigenvalue weighted by Crippen LogP contribution is -2.49. The van der Waals surface area contributed by atoms with Gasteiger partial charge in [0, 0.05) is 12.1 Å². The monoisotopic (exact) mass is 368 g/mol. The number of rotatable bonds is 6. The third-order valence-electron chi connectivity index (χ3n) is 4.53. The first-order chi connectivity index (χ1) is 13.0. The third kappa shape index (κ3) is 4.39. The summed E-state index contributed by atoms with van der Waals surface area (Å²) in [7, 11) is 0. The summed E-state index contributed by atoms with van der Waals surface area (Å²) in [6.07, 6.45) is 0. The van der Waals surface area contributed by atoms with Crippen LogP contribution in [0.4, 0.5) is 0 Å². The Kier molecular flexibility index (Phi) is 5.64. The molecule has 0 aromatic heterocycles. The summed E-state index contributed by atoms with van der Waals surface area (Å²) in [4.78, 5) is 25.2. The Morgan fingerprint density at radius 2 is 1.81 bits per heavy atom. The SMILES string of the molecule is Cc1ccccc1C(=O)NC(C(=O)NCc1ccc2c(c1)OCO2)C(C)C. The Hall–Kier alpha value is -3.02. The zero-order valence-corrected chi connectivity index (χ0v) is 15.7. The van der Waals surface area contributed by atoms with E-state index in [9.17, 15) is 9.59 Å². The molecular weight excluding hydrogens is 344 g/mol. The van der Waals surface area contributed by atoms with Crippen molar-refractivity contribution in [3.05, 3.63) is 59.2 Å². The molecule has 0 bridgehead atoms. The molecule has 1 atom stereocenters. The predicted octanol–water partition coefficient (Wildman–Crippen LogP) is 2.79. The first-order valence-electron chi connectivity index (χ1n) is 8.98. The van der Waals surface area contributed by atoms with E-state index >= 15 is 0 Å². The number of hydrogen-bond acceptors (Lipinski definition) is 4. The number of hydrogen-bond donors (Lipinski definition) is 2. The largest absolute Gasteiger partial charge is 0.454 e. The van der Waals surface area contributed by atoms with Crippen molar-refractivity contribution >= 4 is 11.8 Å². The molecule has 2 N–H and O–H groups in total. The van der Waals surface area contributed by atoms with E-state index in [0.29, 0.717) is 23.6 Å². The van der Waals surface area contributed by atoms with E-state index in [1.165, 1.54) is 0 Å². The van der Waals surface area contributed by atoms with Crippen LogP contribution in [-0.2, 0) is 11.3 Å². The van der Waals surface area contributed by atoms with E-state index < -0.39 is 6.04 Å². The van der Waals surface area contributed by atoms with Crippen LogP contribution in [-0.4, -0.2) is 24.6 Å². The number of nitrogens with one attached hydrogen (secondary N) is 2. The number of ether oxygens (including phenoxy) is 2. The van der Waals surface area contributed by atoms with Crippen LogP contribution in [0, 0.1) is 12.8 Å². The Bertz CT molecular complexity index is 848. The highest BCUT2D eigenvalue weighted by Crippen LogP contribution is 2.32. The van der Waals surface area contributed by atoms with E-state index in [-0.39, 0.29) is 24.5 Å². The van der Waals surface area contributed by atoms with Crippen LogP contribution < -0.4 is 20.1 Å². The molecule has 0 saturated heterocycles. The number of aryl methyl sites for hydroxylation is 1. The van der Waals surface area contributed by atoms with Crippen molar-refractivity contribution in [3.63, 3.8) is 0 Å². The number of amides is 2. The normalized spacial score (nSPS) is 13.3. The lowest BCUT2D eigenvalue weighted by atomic mass is 10.0. The molecule has 1 aliphatic rings. The van der Waals surface area contributed by atoms with Gasteiger partial charge < -0.3 is 20.1 Å². The average molecular weight is 368 g/mol. The topological polar surface area (TPSA) is 76.7 Å². The molecular formula is C21H24N2O4. The zero-order chi connectivity index (χ0) is 19.4. The summed E-state index contributed by atoms with van der Waals surface area (Å²) >= 11 is 0. The van der Waals surface area contributed by atoms with E-state index in [1.807, 2.05) is 57.2 Å². The molecule has 1 unspecified atom stereocenters. The van der Waals surface area contributed by atoms with Gasteiger partial charge in [-0.2, -0.15) is 0 Å². The van der Waals surface area contributed by atoms with Gasteiger partial charge in [-0.1, -0.05) is 38.1 Å². The summed E-state index contributed by atoms with van der Waals surface area (Å²) < 4.78 is 10.6. The second-order valence-electron chi connectivity index (χ2n) is 6.92. The van der Waals surface area contributed by atoms with Gasteiger partial charge in [0.2, 0.25) is 12.7 Å². The van der Waals surface area contributed by atoms with Gasteiger partial charge in [-0.15, -0.1) is 0 Å². The summed E-state index contributed by atoms with van der Waals surface area (Å²) in [5.41, 5.74) is 2.35. The minimum Gasteiger partial charge on any atom is -0.454 e. The first-order valence-corrected chi connectivity index (χ1v) is 8.98. The van der Waals surface area contributed by atoms with Crippen molar-refractivity contribution < 1.29 is 19.1 Å². The third-order valence-corrected chi connectivity index (χ3v) is 4.53. The maximum Gasteiger partial charge on any atom is 0.252 e. The average Bonchev–Trinajstić information content (AvgIpc) is 3.12. The standard InChI is InChI=1S/C21H24N2O4/c1-13(2)19(23-20(24)16-7-5-4-6-14(16)3)21(25)22-11-15-8-9-17-18(10-15)27-12-26-17/h4-10,13,19H,11-12H2,1-3H3,(H,22,25)(H,23,24). The molecule has 6 heteroatoms. The van der Waals surface area contributed by atoms with Crippen molar-refractivity contribution in [2.24, 2.45) is 5.92 Å². The minimum atomic E-state index is -0.619. The number of benzene rings is 2. The predicted molar refractivity (Wildman–Crippen MR) is 102 cm³/mol. The molecule has 0 aliphatic carbocycles. The van der Waals surface area contributed by atoms with Gasteiger partial charge in [-0.25, -0.2) is 0 Å². The van der Waals surface area contributed by atoms with Gasteiger partial charge in [0.1, 0.15) is 6.04 Å². The van der Waals surface area contributed by atoms with Crippen LogP contribution in [0.25, 0.3) is 0 Å². The molecule has 0 saturated carbocycles. The lowest BCUT2D eigenvalue weighted by Gasteiger charge is -2.22. The zero-order valence-electron chi connectivity index (χ0n) is 15.7. The van der Waals surface area contributed by atoms with Gasteiger partial charge >= 0.3 is 0 Å². The molecule has 1 aliphatic heterocycles. The second kappa shape index (κ2) is 8.12. The lowest BCUT2D eigenvalue weighted by molar-refractivity contribution is -0.124. The molecule has 3 rings (SSSR count). The fraction of sp³-hybridized carbons (Fsp3) is 0.333. The van der Waals surface area contributed by atoms with Crippen LogP contribution in [0.2, 0.25) is 0 Å². The molecule has 2 aromatic rings. The molecule has 1 heterocycles. The molecule has 0 spiro atoms. The summed E-state index contributed by atoms with van der Waals surface area (Å²) in [6.45, 7) is 6.25. The second-order valence-corrected chi connectivity index (χ2v) is 6.92. The Labute approximate surface area is 158 Å². The highest BCUT2D eigenvalue weighted by Gasteiger charge is 2.25. The summed E-state index contributed by atoms with van der Waals surface area (Å²) in [5.74, 6) is 0.870. The highest BCUT2D eigenvalue weighted by atomic mass is 16.7. The van der Waals surface area contributed by atoms with E-state index in [0.717, 1.165) is 11.1 Å². The molecule has 142 valence electrons. The minimum absolute atomic E-state index is 0.0466. The maximum absolute atomic E-state index is 12.7. The van der Waals surface area contributed by atoms with Gasteiger partial charge in [-0.3, -0.25) is 9.59 Å². The summed E-state index contributed by atoms with van der Waals surface area (Å²) in [6, 6.07) is 12.3. The van der Waals surface area contributed by atoms with Crippen LogP contribution in [0.5, 0.6) is 11.5 Å². The maximum atomic E-state index is 12.7. The molecule has 27 heavy (non-hydrogen) atoms. The van der Waals surface area contributed by atoms with Gasteiger partial charge in [0.25, 0.3) is 5.91 Å². The van der Waals surface area contributed by atoms with Crippen LogP contribution in [0.15, 0.2) is 42.5 Å². The van der Waals surface area contributed by atoms with Crippen molar-refractivity contribution in [2.45, 2.75) is 33.4 Å². The summed E-state index contributed by atoms with van der Waals surface area (Å²) in [5, 5.41) is 5.75. The Balaban J connectivity index is 1.63. The van der Waals surface area contributed by atoms with Crippen molar-refractivity contribution in [2.75, 3.05) is 6.79 Å². The van der Waals surface area contributed by atoms with Crippen LogP contribution in [0.3, 0.4) is 0 Å². The van der Waals surface area contributed by atoms with Crippen molar-refractivity contribution in [3.8, 4) is 11.5 Å². The molecule has 0 fully saturated rings. The van der Waals surface area contributed by atoms with E-state index in [2.05, 4.69) is 10.6 Å². The Morgan fingerprint density at radius 3 is 2.56 bits per heavy atom. The fourth-order valence-electron chi connectivity index (χ4n) is 2.93. The van der Waals surface area contributed by atoms with E-state index in [4.69, 9.17) is 9.47 Å². The quantitative estimate of drug-likeness (QED) is 0.822. The van der Waals surface area contributed by atoms with Crippen molar-refractivity contribution in [1.29, 1.82) is 0 Å². The first kappa shape index (κ1) is 18.8. The van der Waals surface area contributed by atoms with Gasteiger partial charge in [0.05, 0.1) is 0 Å². The smallest absolute Gasteiger partial charge is 0.252 e. The van der Waals surface area contributed by atoms with Crippen molar-refractivity contribution in [1.82, 2.24) is 10.6 Å². The number of fused-ring (bicyclic) bond motifs is 1. The highest BCUT2D eigenvalue weighted by molar-refractivity contribution is 5.98. The van der Waals surface area contributed by atoms with Crippen LogP contribution in [0.1, 0.15) is 35.3 Å². The van der Waals surface area contributed by atoms with Gasteiger partial charge in [-0.05, 0) is 42.2 Å². The molecule has 0 radical (unpaired) electrons. The fourth-order valence-corrected chi connectivity index (χ4v) is 2.93. The number of carbonyl (C=O) groups excluding carboxylic acids is 2. The molecule has 2 aromatic carbocycles.